The van der Waals surface area contributed by atoms with Crippen molar-refractivity contribution in [2.24, 2.45) is 0 Å². The average Bonchev–Trinajstić information content (AvgIpc) is 2.91. The number of halogens is 2. The first-order valence-corrected chi connectivity index (χ1v) is 12.6. The van der Waals surface area contributed by atoms with E-state index in [1.165, 1.54) is 22.6 Å². The van der Waals surface area contributed by atoms with E-state index in [1.54, 1.807) is 0 Å². The molecule has 186 valence electrons. The summed E-state index contributed by atoms with van der Waals surface area (Å²) in [6, 6.07) is 2.78. The lowest BCUT2D eigenvalue weighted by Gasteiger charge is -2.39. The molecule has 1 aromatic carbocycles. The standard InChI is InChI=1S/C21H31F2N3O6S/c1-31-12-20(27)25-8-7-24(18-3-5-26(6-4-18)33(2,29)30)13-21(28,14-25)15-32-19-10-16(22)9-17(23)11-19/h9-11,18,28H,3-8,12-15H2,1-2H3/t21-/m0/s1. The van der Waals surface area contributed by atoms with Crippen molar-refractivity contribution in [1.82, 2.24) is 14.1 Å². The van der Waals surface area contributed by atoms with Gasteiger partial charge in [0.05, 0.1) is 12.8 Å². The molecule has 2 fully saturated rings. The first kappa shape index (κ1) is 25.8. The monoisotopic (exact) mass is 491 g/mol. The summed E-state index contributed by atoms with van der Waals surface area (Å²) >= 11 is 0. The molecular weight excluding hydrogens is 460 g/mol. The van der Waals surface area contributed by atoms with Gasteiger partial charge >= 0.3 is 0 Å². The largest absolute Gasteiger partial charge is 0.490 e. The number of piperidine rings is 1. The van der Waals surface area contributed by atoms with E-state index in [9.17, 15) is 27.1 Å². The first-order valence-electron chi connectivity index (χ1n) is 10.8. The van der Waals surface area contributed by atoms with E-state index in [0.29, 0.717) is 39.0 Å². The van der Waals surface area contributed by atoms with Crippen LogP contribution in [0.15, 0.2) is 18.2 Å². The van der Waals surface area contributed by atoms with Crippen molar-refractivity contribution in [3.8, 4) is 5.75 Å². The van der Waals surface area contributed by atoms with Crippen molar-refractivity contribution in [2.45, 2.75) is 24.5 Å². The van der Waals surface area contributed by atoms with Crippen LogP contribution in [-0.2, 0) is 19.6 Å². The Morgan fingerprint density at radius 3 is 2.33 bits per heavy atom. The molecule has 2 aliphatic rings. The third kappa shape index (κ3) is 7.06. The van der Waals surface area contributed by atoms with Gasteiger partial charge in [-0.1, -0.05) is 0 Å². The summed E-state index contributed by atoms with van der Waals surface area (Å²) in [4.78, 5) is 16.0. The lowest BCUT2D eigenvalue weighted by atomic mass is 10.00. The van der Waals surface area contributed by atoms with Gasteiger partial charge < -0.3 is 19.5 Å². The topological polar surface area (TPSA) is 99.6 Å². The van der Waals surface area contributed by atoms with Gasteiger partial charge in [0.2, 0.25) is 15.9 Å². The zero-order chi connectivity index (χ0) is 24.2. The molecule has 0 bridgehead atoms. The van der Waals surface area contributed by atoms with Crippen LogP contribution in [0.4, 0.5) is 8.78 Å². The molecule has 0 aromatic heterocycles. The molecule has 2 saturated heterocycles. The predicted molar refractivity (Wildman–Crippen MR) is 116 cm³/mol. The summed E-state index contributed by atoms with van der Waals surface area (Å²) in [5, 5.41) is 11.4. The van der Waals surface area contributed by atoms with Crippen LogP contribution in [0.1, 0.15) is 12.8 Å². The molecule has 12 heteroatoms. The fraction of sp³-hybridized carbons (Fsp3) is 0.667. The summed E-state index contributed by atoms with van der Waals surface area (Å²) in [6.07, 6.45) is 2.36. The molecule has 0 unspecified atom stereocenters. The summed E-state index contributed by atoms with van der Waals surface area (Å²) in [5.74, 6) is -1.95. The Hall–Kier alpha value is -1.86. The molecule has 0 radical (unpaired) electrons. The Labute approximate surface area is 192 Å². The number of hydrogen-bond acceptors (Lipinski definition) is 7. The number of hydrogen-bond donors (Lipinski definition) is 1. The van der Waals surface area contributed by atoms with Crippen LogP contribution in [0.5, 0.6) is 5.75 Å². The van der Waals surface area contributed by atoms with Crippen molar-refractivity contribution in [3.63, 3.8) is 0 Å². The molecule has 9 nitrogen and oxygen atoms in total. The number of sulfonamides is 1. The normalized spacial score (nSPS) is 24.0. The third-order valence-corrected chi connectivity index (χ3v) is 7.32. The SMILES string of the molecule is COCC(=O)N1CCN(C2CCN(S(C)(=O)=O)CC2)C[C@@](O)(COc2cc(F)cc(F)c2)C1. The van der Waals surface area contributed by atoms with Gasteiger partial charge in [0, 0.05) is 64.1 Å². The fourth-order valence-electron chi connectivity index (χ4n) is 4.39. The van der Waals surface area contributed by atoms with Gasteiger partial charge in [0.1, 0.15) is 36.2 Å². The van der Waals surface area contributed by atoms with Crippen LogP contribution < -0.4 is 4.74 Å². The Morgan fingerprint density at radius 2 is 1.76 bits per heavy atom. The van der Waals surface area contributed by atoms with E-state index in [1.807, 2.05) is 4.90 Å². The lowest BCUT2D eigenvalue weighted by molar-refractivity contribution is -0.138. The van der Waals surface area contributed by atoms with E-state index >= 15 is 0 Å². The number of aliphatic hydroxyl groups is 1. The zero-order valence-electron chi connectivity index (χ0n) is 18.9. The fourth-order valence-corrected chi connectivity index (χ4v) is 5.26. The molecular formula is C21H31F2N3O6S. The van der Waals surface area contributed by atoms with Crippen molar-refractivity contribution < 1.29 is 36.6 Å². The summed E-state index contributed by atoms with van der Waals surface area (Å²) in [7, 11) is -1.86. The quantitative estimate of drug-likeness (QED) is 0.585. The highest BCUT2D eigenvalue weighted by molar-refractivity contribution is 7.88. The maximum Gasteiger partial charge on any atom is 0.248 e. The van der Waals surface area contributed by atoms with Crippen molar-refractivity contribution in [1.29, 1.82) is 0 Å². The van der Waals surface area contributed by atoms with Crippen LogP contribution in [0.2, 0.25) is 0 Å². The summed E-state index contributed by atoms with van der Waals surface area (Å²) < 4.78 is 62.6. The molecule has 1 N–H and O–H groups in total. The van der Waals surface area contributed by atoms with E-state index in [4.69, 9.17) is 9.47 Å². The molecule has 1 aromatic rings. The predicted octanol–water partition coefficient (Wildman–Crippen LogP) is 0.289. The van der Waals surface area contributed by atoms with Gasteiger partial charge in [0.15, 0.2) is 0 Å². The van der Waals surface area contributed by atoms with Crippen molar-refractivity contribution >= 4 is 15.9 Å². The minimum absolute atomic E-state index is 0.0126. The second-order valence-electron chi connectivity index (χ2n) is 8.73. The number of amides is 1. The van der Waals surface area contributed by atoms with Gasteiger partial charge in [-0.15, -0.1) is 0 Å². The second kappa shape index (κ2) is 10.6. The number of ether oxygens (including phenoxy) is 2. The molecule has 1 amide bonds. The number of benzene rings is 1. The number of β-amino-alcohol motifs (C(OH)–C–C–N with tert-alkyl or cyclic N) is 1. The Bertz CT molecular complexity index is 922. The average molecular weight is 492 g/mol. The number of nitrogens with zero attached hydrogens (tertiary/aromatic N) is 3. The highest BCUT2D eigenvalue weighted by atomic mass is 32.2. The Kier molecular flexibility index (Phi) is 8.27. The lowest BCUT2D eigenvalue weighted by Crippen LogP contribution is -2.55. The van der Waals surface area contributed by atoms with Crippen LogP contribution >= 0.6 is 0 Å². The van der Waals surface area contributed by atoms with Crippen LogP contribution in [0.3, 0.4) is 0 Å². The molecule has 3 rings (SSSR count). The van der Waals surface area contributed by atoms with Crippen molar-refractivity contribution in [2.75, 3.05) is 65.8 Å². The molecule has 1 atom stereocenters. The van der Waals surface area contributed by atoms with E-state index in [2.05, 4.69) is 0 Å². The summed E-state index contributed by atoms with van der Waals surface area (Å²) in [6.45, 7) is 1.29. The minimum atomic E-state index is -3.27. The molecule has 2 aliphatic heterocycles. The van der Waals surface area contributed by atoms with Gasteiger partial charge in [0.25, 0.3) is 0 Å². The van der Waals surface area contributed by atoms with Crippen LogP contribution in [0.25, 0.3) is 0 Å². The summed E-state index contributed by atoms with van der Waals surface area (Å²) in [5.41, 5.74) is -1.52. The number of methoxy groups -OCH3 is 1. The maximum absolute atomic E-state index is 13.5. The number of carbonyl (C=O) groups excluding carboxylic acids is 1. The van der Waals surface area contributed by atoms with E-state index in [-0.39, 0.29) is 44.0 Å². The highest BCUT2D eigenvalue weighted by Gasteiger charge is 2.40. The molecule has 0 spiro atoms. The Morgan fingerprint density at radius 1 is 1.12 bits per heavy atom. The van der Waals surface area contributed by atoms with Gasteiger partial charge in [-0.05, 0) is 12.8 Å². The van der Waals surface area contributed by atoms with Gasteiger partial charge in [-0.3, -0.25) is 9.69 Å². The van der Waals surface area contributed by atoms with Crippen molar-refractivity contribution in [3.05, 3.63) is 29.8 Å². The van der Waals surface area contributed by atoms with Gasteiger partial charge in [-0.2, -0.15) is 0 Å². The van der Waals surface area contributed by atoms with Crippen LogP contribution in [-0.4, -0.2) is 111 Å². The third-order valence-electron chi connectivity index (χ3n) is 6.01. The number of rotatable bonds is 7. The van der Waals surface area contributed by atoms with E-state index in [0.717, 1.165) is 18.2 Å². The smallest absolute Gasteiger partial charge is 0.248 e. The maximum atomic E-state index is 13.5. The van der Waals surface area contributed by atoms with E-state index < -0.39 is 27.3 Å². The Balaban J connectivity index is 1.74. The zero-order valence-corrected chi connectivity index (χ0v) is 19.7. The van der Waals surface area contributed by atoms with Gasteiger partial charge in [-0.25, -0.2) is 21.5 Å². The molecule has 0 saturated carbocycles. The minimum Gasteiger partial charge on any atom is -0.490 e. The highest BCUT2D eigenvalue weighted by Crippen LogP contribution is 2.25. The molecule has 0 aliphatic carbocycles. The molecule has 33 heavy (non-hydrogen) atoms. The molecule has 2 heterocycles. The number of carbonyl (C=O) groups is 1. The second-order valence-corrected chi connectivity index (χ2v) is 10.7. The van der Waals surface area contributed by atoms with Crippen LogP contribution in [0, 0.1) is 11.6 Å². The first-order chi connectivity index (χ1) is 15.5.